The topological polar surface area (TPSA) is 40.9 Å². The average Bonchev–Trinajstić information content (AvgIpc) is 2.19. The van der Waals surface area contributed by atoms with Gasteiger partial charge in [-0.1, -0.05) is 12.1 Å². The molecule has 1 aliphatic carbocycles. The molecule has 0 unspecified atom stereocenters. The number of rotatable bonds is 1. The molecule has 1 aromatic carbocycles. The van der Waals surface area contributed by atoms with E-state index in [9.17, 15) is 10.1 Å². The summed E-state index contributed by atoms with van der Waals surface area (Å²) in [5.74, 6) is 0.194. The van der Waals surface area contributed by atoms with Crippen molar-refractivity contribution < 1.29 is 4.79 Å². The number of benzene rings is 1. The second-order valence-corrected chi connectivity index (χ2v) is 4.84. The summed E-state index contributed by atoms with van der Waals surface area (Å²) in [6.45, 7) is 6.13. The van der Waals surface area contributed by atoms with E-state index in [4.69, 9.17) is 0 Å². The van der Waals surface area contributed by atoms with Crippen molar-refractivity contribution in [3.8, 4) is 6.07 Å². The summed E-state index contributed by atoms with van der Waals surface area (Å²) in [6.07, 6.45) is 0.764. The Kier molecular flexibility index (Phi) is 2.35. The van der Waals surface area contributed by atoms with Gasteiger partial charge in [0.1, 0.15) is 5.78 Å². The number of hydrogen-bond donors (Lipinski definition) is 0. The minimum Gasteiger partial charge on any atom is -0.300 e. The van der Waals surface area contributed by atoms with E-state index in [-0.39, 0.29) is 5.78 Å². The van der Waals surface area contributed by atoms with Crippen LogP contribution in [0.25, 0.3) is 0 Å². The zero-order valence-electron chi connectivity index (χ0n) is 9.92. The summed E-state index contributed by atoms with van der Waals surface area (Å²) in [4.78, 5) is 11.2. The quantitative estimate of drug-likeness (QED) is 0.719. The maximum Gasteiger partial charge on any atom is 0.136 e. The van der Waals surface area contributed by atoms with Gasteiger partial charge >= 0.3 is 0 Å². The molecule has 0 radical (unpaired) electrons. The van der Waals surface area contributed by atoms with Gasteiger partial charge in [-0.15, -0.1) is 0 Å². The average molecular weight is 213 g/mol. The smallest absolute Gasteiger partial charge is 0.136 e. The lowest BCUT2D eigenvalue weighted by Crippen LogP contribution is -2.41. The van der Waals surface area contributed by atoms with Crippen molar-refractivity contribution >= 4 is 5.78 Å². The standard InChI is InChI=1S/C14H15NO/c1-9-4-11(3)13(5-10(9)2)14(8-15)6-12(16)7-14/h4-5H,6-7H2,1-3H3. The zero-order valence-corrected chi connectivity index (χ0v) is 9.92. The van der Waals surface area contributed by atoms with Crippen LogP contribution in [0, 0.1) is 32.1 Å². The van der Waals surface area contributed by atoms with E-state index in [2.05, 4.69) is 25.1 Å². The van der Waals surface area contributed by atoms with Crippen LogP contribution >= 0.6 is 0 Å². The van der Waals surface area contributed by atoms with Gasteiger partial charge in [0.15, 0.2) is 0 Å². The van der Waals surface area contributed by atoms with Crippen molar-refractivity contribution in [2.45, 2.75) is 39.0 Å². The first-order chi connectivity index (χ1) is 7.48. The molecule has 0 bridgehead atoms. The molecule has 0 heterocycles. The number of Topliss-reactive ketones (excluding diaryl/α,β-unsaturated/α-hetero) is 1. The number of hydrogen-bond acceptors (Lipinski definition) is 2. The van der Waals surface area contributed by atoms with Crippen LogP contribution in [0.15, 0.2) is 12.1 Å². The van der Waals surface area contributed by atoms with E-state index >= 15 is 0 Å². The first kappa shape index (κ1) is 10.9. The van der Waals surface area contributed by atoms with Crippen molar-refractivity contribution in [3.63, 3.8) is 0 Å². The molecule has 0 atom stereocenters. The molecule has 0 aromatic heterocycles. The van der Waals surface area contributed by atoms with Gasteiger partial charge < -0.3 is 0 Å². The maximum atomic E-state index is 11.2. The van der Waals surface area contributed by atoms with Crippen LogP contribution in [0.4, 0.5) is 0 Å². The molecule has 2 heteroatoms. The zero-order chi connectivity index (χ0) is 11.9. The Bertz CT molecular complexity index is 500. The molecular formula is C14H15NO. The Morgan fingerprint density at radius 3 is 2.19 bits per heavy atom. The number of aryl methyl sites for hydroxylation is 3. The highest BCUT2D eigenvalue weighted by atomic mass is 16.1. The molecule has 1 saturated carbocycles. The lowest BCUT2D eigenvalue weighted by molar-refractivity contribution is -0.126. The largest absolute Gasteiger partial charge is 0.300 e. The predicted octanol–water partition coefficient (Wildman–Crippen LogP) is 2.74. The van der Waals surface area contributed by atoms with Gasteiger partial charge in [0.2, 0.25) is 0 Å². The van der Waals surface area contributed by atoms with Crippen LogP contribution in [0.3, 0.4) is 0 Å². The van der Waals surface area contributed by atoms with Gasteiger partial charge in [-0.25, -0.2) is 0 Å². The van der Waals surface area contributed by atoms with E-state index in [0.717, 1.165) is 11.1 Å². The molecule has 2 rings (SSSR count). The second-order valence-electron chi connectivity index (χ2n) is 4.84. The molecule has 16 heavy (non-hydrogen) atoms. The summed E-state index contributed by atoms with van der Waals surface area (Å²) < 4.78 is 0. The molecule has 0 N–H and O–H groups in total. The van der Waals surface area contributed by atoms with Crippen LogP contribution in [0.5, 0.6) is 0 Å². The minimum atomic E-state index is -0.542. The van der Waals surface area contributed by atoms with Crippen molar-refractivity contribution in [2.24, 2.45) is 0 Å². The third-order valence-corrected chi connectivity index (χ3v) is 3.57. The molecule has 82 valence electrons. The summed E-state index contributed by atoms with van der Waals surface area (Å²) in [5, 5.41) is 9.29. The van der Waals surface area contributed by atoms with Crippen LogP contribution in [-0.2, 0) is 10.2 Å². The molecule has 0 aliphatic heterocycles. The van der Waals surface area contributed by atoms with E-state index < -0.39 is 5.41 Å². The molecule has 0 saturated heterocycles. The third kappa shape index (κ3) is 1.44. The summed E-state index contributed by atoms with van der Waals surface area (Å²) in [5.41, 5.74) is 4.05. The number of nitriles is 1. The lowest BCUT2D eigenvalue weighted by Gasteiger charge is -2.35. The van der Waals surface area contributed by atoms with E-state index in [0.29, 0.717) is 12.8 Å². The van der Waals surface area contributed by atoms with E-state index in [1.54, 1.807) is 0 Å². The van der Waals surface area contributed by atoms with Gasteiger partial charge in [-0.2, -0.15) is 5.26 Å². The van der Waals surface area contributed by atoms with Crippen LogP contribution in [0.2, 0.25) is 0 Å². The number of carbonyl (C=O) groups is 1. The minimum absolute atomic E-state index is 0.194. The summed E-state index contributed by atoms with van der Waals surface area (Å²) in [6, 6.07) is 6.50. The molecule has 0 spiro atoms. The normalized spacial score (nSPS) is 17.8. The van der Waals surface area contributed by atoms with Crippen LogP contribution in [-0.4, -0.2) is 5.78 Å². The fraction of sp³-hybridized carbons (Fsp3) is 0.429. The van der Waals surface area contributed by atoms with Gasteiger partial charge in [-0.05, 0) is 43.0 Å². The molecule has 2 nitrogen and oxygen atoms in total. The summed E-state index contributed by atoms with van der Waals surface area (Å²) >= 11 is 0. The first-order valence-electron chi connectivity index (χ1n) is 5.50. The monoisotopic (exact) mass is 213 g/mol. The van der Waals surface area contributed by atoms with Gasteiger partial charge in [-0.3, -0.25) is 4.79 Å². The summed E-state index contributed by atoms with van der Waals surface area (Å²) in [7, 11) is 0. The van der Waals surface area contributed by atoms with E-state index in [1.165, 1.54) is 11.1 Å². The molecule has 1 aromatic rings. The fourth-order valence-electron chi connectivity index (χ4n) is 2.43. The fourth-order valence-corrected chi connectivity index (χ4v) is 2.43. The SMILES string of the molecule is Cc1cc(C)c(C2(C#N)CC(=O)C2)cc1C. The highest BCUT2D eigenvalue weighted by Crippen LogP contribution is 2.42. The number of ketones is 1. The van der Waals surface area contributed by atoms with E-state index in [1.807, 2.05) is 13.8 Å². The van der Waals surface area contributed by atoms with Crippen molar-refractivity contribution in [1.29, 1.82) is 5.26 Å². The molecule has 1 aliphatic rings. The number of nitrogens with zero attached hydrogens (tertiary/aromatic N) is 1. The Hall–Kier alpha value is -1.62. The van der Waals surface area contributed by atoms with Crippen LogP contribution in [0.1, 0.15) is 35.1 Å². The maximum absolute atomic E-state index is 11.2. The predicted molar refractivity (Wildman–Crippen MR) is 62.2 cm³/mol. The third-order valence-electron chi connectivity index (χ3n) is 3.57. The number of carbonyl (C=O) groups excluding carboxylic acids is 1. The van der Waals surface area contributed by atoms with Crippen LogP contribution < -0.4 is 0 Å². The molecule has 0 amide bonds. The Morgan fingerprint density at radius 2 is 1.69 bits per heavy atom. The molecule has 1 fully saturated rings. The highest BCUT2D eigenvalue weighted by molar-refractivity contribution is 5.90. The Balaban J connectivity index is 2.53. The van der Waals surface area contributed by atoms with Crippen molar-refractivity contribution in [2.75, 3.05) is 0 Å². The van der Waals surface area contributed by atoms with Gasteiger partial charge in [0.05, 0.1) is 11.5 Å². The van der Waals surface area contributed by atoms with Gasteiger partial charge in [0, 0.05) is 12.8 Å². The lowest BCUT2D eigenvalue weighted by atomic mass is 9.63. The first-order valence-corrected chi connectivity index (χ1v) is 5.50. The van der Waals surface area contributed by atoms with Crippen molar-refractivity contribution in [1.82, 2.24) is 0 Å². The van der Waals surface area contributed by atoms with Crippen molar-refractivity contribution in [3.05, 3.63) is 34.4 Å². The Labute approximate surface area is 95.9 Å². The second kappa shape index (κ2) is 3.45. The Morgan fingerprint density at radius 1 is 1.12 bits per heavy atom. The molecular weight excluding hydrogens is 198 g/mol. The van der Waals surface area contributed by atoms with Gasteiger partial charge in [0.25, 0.3) is 0 Å². The highest BCUT2D eigenvalue weighted by Gasteiger charge is 2.46.